The summed E-state index contributed by atoms with van der Waals surface area (Å²) < 4.78 is 0. The van der Waals surface area contributed by atoms with E-state index in [9.17, 15) is 9.59 Å². The topological polar surface area (TPSA) is 64.7 Å². The average Bonchev–Trinajstić information content (AvgIpc) is 2.64. The molecule has 6 heteroatoms. The number of piperazine rings is 1. The first-order chi connectivity index (χ1) is 11.7. The maximum Gasteiger partial charge on any atom is 0.309 e. The Morgan fingerprint density at radius 2 is 1.58 bits per heavy atom. The Kier molecular flexibility index (Phi) is 7.55. The van der Waals surface area contributed by atoms with Gasteiger partial charge >= 0.3 is 11.8 Å². The van der Waals surface area contributed by atoms with Gasteiger partial charge < -0.3 is 15.5 Å². The Bertz CT molecular complexity index is 513. The minimum atomic E-state index is -0.534. The van der Waals surface area contributed by atoms with Crippen molar-refractivity contribution >= 4 is 17.5 Å². The zero-order valence-corrected chi connectivity index (χ0v) is 14.5. The number of hydrogen-bond acceptors (Lipinski definition) is 4. The van der Waals surface area contributed by atoms with Crippen LogP contribution in [0.25, 0.3) is 0 Å². The van der Waals surface area contributed by atoms with Crippen molar-refractivity contribution in [2.24, 2.45) is 0 Å². The second kappa shape index (κ2) is 9.93. The lowest BCUT2D eigenvalue weighted by molar-refractivity contribution is -0.139. The van der Waals surface area contributed by atoms with Crippen LogP contribution >= 0.6 is 0 Å². The number of carbonyl (C=O) groups is 2. The van der Waals surface area contributed by atoms with E-state index in [0.717, 1.165) is 45.6 Å². The summed E-state index contributed by atoms with van der Waals surface area (Å²) in [5, 5.41) is 5.25. The highest BCUT2D eigenvalue weighted by Gasteiger charge is 2.17. The lowest BCUT2D eigenvalue weighted by Gasteiger charge is -2.36. The number of carbonyl (C=O) groups excluding carboxylic acids is 2. The Labute approximate surface area is 144 Å². The molecule has 1 aliphatic heterocycles. The first-order valence-electron chi connectivity index (χ1n) is 8.79. The molecule has 0 spiro atoms. The minimum absolute atomic E-state index is 0.530. The Morgan fingerprint density at radius 3 is 2.21 bits per heavy atom. The van der Waals surface area contributed by atoms with Crippen LogP contribution in [0.3, 0.4) is 0 Å². The van der Waals surface area contributed by atoms with Gasteiger partial charge in [0.25, 0.3) is 0 Å². The van der Waals surface area contributed by atoms with Crippen molar-refractivity contribution < 1.29 is 9.59 Å². The molecule has 1 fully saturated rings. The van der Waals surface area contributed by atoms with Crippen LogP contribution in [-0.4, -0.2) is 62.5 Å². The van der Waals surface area contributed by atoms with Gasteiger partial charge in [-0.25, -0.2) is 0 Å². The van der Waals surface area contributed by atoms with Gasteiger partial charge in [0.1, 0.15) is 0 Å². The van der Waals surface area contributed by atoms with E-state index in [1.165, 1.54) is 5.69 Å². The molecule has 24 heavy (non-hydrogen) atoms. The largest absolute Gasteiger partial charge is 0.369 e. The van der Waals surface area contributed by atoms with Crippen LogP contribution < -0.4 is 15.5 Å². The van der Waals surface area contributed by atoms with Crippen LogP contribution in [-0.2, 0) is 9.59 Å². The zero-order chi connectivity index (χ0) is 17.2. The van der Waals surface area contributed by atoms with Crippen LogP contribution in [0.4, 0.5) is 5.69 Å². The fourth-order valence-electron chi connectivity index (χ4n) is 2.77. The highest BCUT2D eigenvalue weighted by molar-refractivity contribution is 6.35. The molecule has 1 aromatic rings. The fraction of sp³-hybridized carbons (Fsp3) is 0.556. The van der Waals surface area contributed by atoms with E-state index in [4.69, 9.17) is 0 Å². The zero-order valence-electron chi connectivity index (χ0n) is 14.5. The van der Waals surface area contributed by atoms with E-state index in [0.29, 0.717) is 13.1 Å². The summed E-state index contributed by atoms with van der Waals surface area (Å²) in [6, 6.07) is 10.5. The summed E-state index contributed by atoms with van der Waals surface area (Å²) in [6.45, 7) is 8.08. The first kappa shape index (κ1) is 18.3. The Balaban J connectivity index is 1.58. The number of anilines is 1. The smallest absolute Gasteiger partial charge is 0.309 e. The molecule has 0 aromatic heterocycles. The van der Waals surface area contributed by atoms with Gasteiger partial charge in [-0.1, -0.05) is 25.1 Å². The molecule has 132 valence electrons. The highest BCUT2D eigenvalue weighted by Crippen LogP contribution is 2.15. The van der Waals surface area contributed by atoms with Gasteiger partial charge in [-0.3, -0.25) is 14.5 Å². The van der Waals surface area contributed by atoms with E-state index in [1.807, 2.05) is 13.0 Å². The van der Waals surface area contributed by atoms with Crippen molar-refractivity contribution in [1.82, 2.24) is 15.5 Å². The van der Waals surface area contributed by atoms with Gasteiger partial charge in [0, 0.05) is 45.0 Å². The van der Waals surface area contributed by atoms with Crippen LogP contribution in [0, 0.1) is 0 Å². The van der Waals surface area contributed by atoms with E-state index in [1.54, 1.807) is 0 Å². The first-order valence-corrected chi connectivity index (χ1v) is 8.79. The fourth-order valence-corrected chi connectivity index (χ4v) is 2.77. The van der Waals surface area contributed by atoms with Gasteiger partial charge in [0.15, 0.2) is 0 Å². The Morgan fingerprint density at radius 1 is 0.958 bits per heavy atom. The molecule has 2 N–H and O–H groups in total. The third-order valence-electron chi connectivity index (χ3n) is 4.17. The SMILES string of the molecule is CCCNC(=O)C(=O)NCCCN1CCN(c2ccccc2)CC1. The molecule has 0 atom stereocenters. The Hall–Kier alpha value is -2.08. The monoisotopic (exact) mass is 332 g/mol. The second-order valence-corrected chi connectivity index (χ2v) is 6.03. The average molecular weight is 332 g/mol. The number of benzene rings is 1. The minimum Gasteiger partial charge on any atom is -0.369 e. The molecule has 2 amide bonds. The van der Waals surface area contributed by atoms with Crippen LogP contribution in [0.15, 0.2) is 30.3 Å². The van der Waals surface area contributed by atoms with E-state index >= 15 is 0 Å². The van der Waals surface area contributed by atoms with Gasteiger partial charge in [-0.15, -0.1) is 0 Å². The van der Waals surface area contributed by atoms with Crippen LogP contribution in [0.5, 0.6) is 0 Å². The normalized spacial score (nSPS) is 15.1. The summed E-state index contributed by atoms with van der Waals surface area (Å²) >= 11 is 0. The third-order valence-corrected chi connectivity index (χ3v) is 4.17. The van der Waals surface area contributed by atoms with Crippen molar-refractivity contribution in [2.75, 3.05) is 50.7 Å². The summed E-state index contributed by atoms with van der Waals surface area (Å²) in [5.74, 6) is -1.06. The van der Waals surface area contributed by atoms with Gasteiger partial charge in [0.2, 0.25) is 0 Å². The van der Waals surface area contributed by atoms with Gasteiger partial charge in [-0.05, 0) is 31.5 Å². The lowest BCUT2D eigenvalue weighted by Crippen LogP contribution is -2.47. The molecule has 2 rings (SSSR count). The maximum absolute atomic E-state index is 11.6. The molecule has 1 aliphatic rings. The summed E-state index contributed by atoms with van der Waals surface area (Å²) in [4.78, 5) is 27.8. The predicted octanol–water partition coefficient (Wildman–Crippen LogP) is 0.841. The molecule has 0 aliphatic carbocycles. The van der Waals surface area contributed by atoms with Crippen molar-refractivity contribution in [3.8, 4) is 0 Å². The maximum atomic E-state index is 11.6. The van der Waals surface area contributed by atoms with Crippen molar-refractivity contribution in [3.05, 3.63) is 30.3 Å². The molecular weight excluding hydrogens is 304 g/mol. The standard InChI is InChI=1S/C18H28N4O2/c1-2-9-19-17(23)18(24)20-10-6-11-21-12-14-22(15-13-21)16-7-4-3-5-8-16/h3-5,7-8H,2,6,9-15H2,1H3,(H,19,23)(H,20,24). The second-order valence-electron chi connectivity index (χ2n) is 6.03. The van der Waals surface area contributed by atoms with Crippen LogP contribution in [0.1, 0.15) is 19.8 Å². The summed E-state index contributed by atoms with van der Waals surface area (Å²) in [6.07, 6.45) is 1.69. The van der Waals surface area contributed by atoms with Crippen molar-refractivity contribution in [1.29, 1.82) is 0 Å². The van der Waals surface area contributed by atoms with Gasteiger partial charge in [0.05, 0.1) is 0 Å². The molecule has 0 bridgehead atoms. The van der Waals surface area contributed by atoms with Gasteiger partial charge in [-0.2, -0.15) is 0 Å². The highest BCUT2D eigenvalue weighted by atomic mass is 16.2. The summed E-state index contributed by atoms with van der Waals surface area (Å²) in [7, 11) is 0. The van der Waals surface area contributed by atoms with E-state index in [2.05, 4.69) is 44.7 Å². The lowest BCUT2D eigenvalue weighted by atomic mass is 10.2. The molecule has 1 aromatic carbocycles. The molecule has 0 saturated carbocycles. The quantitative estimate of drug-likeness (QED) is 0.574. The summed E-state index contributed by atoms with van der Waals surface area (Å²) in [5.41, 5.74) is 1.28. The van der Waals surface area contributed by atoms with Crippen molar-refractivity contribution in [2.45, 2.75) is 19.8 Å². The predicted molar refractivity (Wildman–Crippen MR) is 96.0 cm³/mol. The van der Waals surface area contributed by atoms with Crippen LogP contribution in [0.2, 0.25) is 0 Å². The number of nitrogens with one attached hydrogen (secondary N) is 2. The molecule has 1 saturated heterocycles. The number of amides is 2. The molecule has 6 nitrogen and oxygen atoms in total. The number of nitrogens with zero attached hydrogens (tertiary/aromatic N) is 2. The third kappa shape index (κ3) is 5.85. The molecular formula is C18H28N4O2. The van der Waals surface area contributed by atoms with E-state index < -0.39 is 11.8 Å². The number of hydrogen-bond donors (Lipinski definition) is 2. The molecule has 1 heterocycles. The van der Waals surface area contributed by atoms with E-state index in [-0.39, 0.29) is 0 Å². The molecule has 0 unspecified atom stereocenters. The number of rotatable bonds is 7. The van der Waals surface area contributed by atoms with Crippen molar-refractivity contribution in [3.63, 3.8) is 0 Å². The molecule has 0 radical (unpaired) electrons. The number of para-hydroxylation sites is 1.